The highest BCUT2D eigenvalue weighted by Gasteiger charge is 2.23. The van der Waals surface area contributed by atoms with E-state index in [1.54, 1.807) is 17.5 Å². The zero-order chi connectivity index (χ0) is 24.7. The van der Waals surface area contributed by atoms with Crippen LogP contribution in [0.1, 0.15) is 25.5 Å². The molecule has 1 aliphatic heterocycles. The molecule has 4 aromatic heterocycles. The lowest BCUT2D eigenvalue weighted by Gasteiger charge is -2.26. The fourth-order valence-corrected chi connectivity index (χ4v) is 6.67. The quantitative estimate of drug-likeness (QED) is 0.401. The molecule has 1 aliphatic rings. The van der Waals surface area contributed by atoms with Gasteiger partial charge in [-0.3, -0.25) is 9.58 Å². The molecule has 4 aromatic rings. The molecule has 0 radical (unpaired) electrons. The number of thiophene rings is 1. The molecule has 0 aromatic carbocycles. The van der Waals surface area contributed by atoms with Gasteiger partial charge in [0.25, 0.3) is 0 Å². The fraction of sp³-hybridized carbons (Fsp3) is 0.478. The molecule has 0 spiro atoms. The first-order valence-electron chi connectivity index (χ1n) is 11.7. The van der Waals surface area contributed by atoms with Crippen molar-refractivity contribution in [2.24, 2.45) is 7.05 Å². The molecular formula is C23H30N8O2S2. The molecule has 1 fully saturated rings. The minimum absolute atomic E-state index is 0.226. The largest absolute Gasteiger partial charge is 0.368 e. The zero-order valence-electron chi connectivity index (χ0n) is 20.4. The van der Waals surface area contributed by atoms with Crippen LogP contribution in [-0.2, 0) is 16.9 Å². The predicted octanol–water partition coefficient (Wildman–Crippen LogP) is 2.99. The van der Waals surface area contributed by atoms with Gasteiger partial charge in [0.05, 0.1) is 21.8 Å². The number of nitrogens with zero attached hydrogens (tertiary/aromatic N) is 7. The number of sulfone groups is 1. The van der Waals surface area contributed by atoms with E-state index in [2.05, 4.69) is 36.0 Å². The summed E-state index contributed by atoms with van der Waals surface area (Å²) < 4.78 is 27.3. The summed E-state index contributed by atoms with van der Waals surface area (Å²) in [6, 6.07) is 2.33. The standard InChI is InChI=1S/C23H30N8O2S2/c1-15(2)31-8-5-17(28-31)19-16(3)18-20(24-7-10-30-11-13-35(32,33)14-12-30)26-21(27-23(18)34-19)22-25-6-9-29(22)4/h5-6,8-9,15H,7,10-14H2,1-4H3,(H,24,26,27). The van der Waals surface area contributed by atoms with Gasteiger partial charge in [-0.05, 0) is 32.4 Å². The lowest BCUT2D eigenvalue weighted by Crippen LogP contribution is -2.42. The summed E-state index contributed by atoms with van der Waals surface area (Å²) in [6.07, 6.45) is 5.63. The third-order valence-corrected chi connectivity index (χ3v) is 9.16. The number of fused-ring (bicyclic) bond motifs is 1. The molecule has 5 heterocycles. The molecule has 0 atom stereocenters. The van der Waals surface area contributed by atoms with E-state index in [0.29, 0.717) is 31.3 Å². The van der Waals surface area contributed by atoms with Crippen molar-refractivity contribution in [3.8, 4) is 22.2 Å². The van der Waals surface area contributed by atoms with Gasteiger partial charge in [0.15, 0.2) is 21.5 Å². The highest BCUT2D eigenvalue weighted by Crippen LogP contribution is 2.40. The Kier molecular flexibility index (Phi) is 6.36. The molecule has 0 aliphatic carbocycles. The third kappa shape index (κ3) is 4.82. The van der Waals surface area contributed by atoms with Crippen LogP contribution in [0.4, 0.5) is 5.82 Å². The Labute approximate surface area is 208 Å². The highest BCUT2D eigenvalue weighted by molar-refractivity contribution is 7.91. The van der Waals surface area contributed by atoms with Gasteiger partial charge in [-0.1, -0.05) is 0 Å². The van der Waals surface area contributed by atoms with Gasteiger partial charge in [-0.15, -0.1) is 11.3 Å². The molecule has 1 saturated heterocycles. The van der Waals surface area contributed by atoms with Gasteiger partial charge in [-0.2, -0.15) is 5.10 Å². The highest BCUT2D eigenvalue weighted by atomic mass is 32.2. The van der Waals surface area contributed by atoms with E-state index < -0.39 is 9.84 Å². The molecule has 0 saturated carbocycles. The minimum atomic E-state index is -2.89. The molecule has 12 heteroatoms. The number of hydrogen-bond acceptors (Lipinski definition) is 9. The Morgan fingerprint density at radius 2 is 1.94 bits per heavy atom. The van der Waals surface area contributed by atoms with Crippen LogP contribution in [0.3, 0.4) is 0 Å². The van der Waals surface area contributed by atoms with Crippen LogP contribution in [0.15, 0.2) is 24.7 Å². The van der Waals surface area contributed by atoms with E-state index in [4.69, 9.17) is 15.1 Å². The molecular weight excluding hydrogens is 484 g/mol. The summed E-state index contributed by atoms with van der Waals surface area (Å²) in [5.41, 5.74) is 2.02. The number of aromatic nitrogens is 6. The number of hydrogen-bond donors (Lipinski definition) is 1. The molecule has 1 N–H and O–H groups in total. The summed E-state index contributed by atoms with van der Waals surface area (Å²) in [7, 11) is -0.960. The predicted molar refractivity (Wildman–Crippen MR) is 140 cm³/mol. The summed E-state index contributed by atoms with van der Waals surface area (Å²) in [5.74, 6) is 2.49. The fourth-order valence-electron chi connectivity index (χ4n) is 4.25. The Morgan fingerprint density at radius 3 is 2.60 bits per heavy atom. The van der Waals surface area contributed by atoms with Crippen LogP contribution in [0.25, 0.3) is 32.4 Å². The van der Waals surface area contributed by atoms with Crippen LogP contribution in [0.5, 0.6) is 0 Å². The van der Waals surface area contributed by atoms with E-state index in [1.165, 1.54) is 0 Å². The lowest BCUT2D eigenvalue weighted by atomic mass is 10.1. The van der Waals surface area contributed by atoms with Crippen molar-refractivity contribution in [1.29, 1.82) is 0 Å². The Hall–Kier alpha value is -2.83. The summed E-state index contributed by atoms with van der Waals surface area (Å²) >= 11 is 1.61. The second-order valence-corrected chi connectivity index (χ2v) is 12.5. The van der Waals surface area contributed by atoms with E-state index in [9.17, 15) is 8.42 Å². The summed E-state index contributed by atoms with van der Waals surface area (Å²) in [5, 5.41) is 9.27. The minimum Gasteiger partial charge on any atom is -0.368 e. The first-order valence-corrected chi connectivity index (χ1v) is 14.4. The second-order valence-electron chi connectivity index (χ2n) is 9.19. The van der Waals surface area contributed by atoms with Gasteiger partial charge < -0.3 is 9.88 Å². The maximum absolute atomic E-state index is 11.7. The molecule has 0 bridgehead atoms. The van der Waals surface area contributed by atoms with Crippen molar-refractivity contribution >= 4 is 37.2 Å². The van der Waals surface area contributed by atoms with Gasteiger partial charge in [0.2, 0.25) is 0 Å². The molecule has 0 unspecified atom stereocenters. The normalized spacial score (nSPS) is 16.4. The average Bonchev–Trinajstić information content (AvgIpc) is 3.54. The van der Waals surface area contributed by atoms with Crippen molar-refractivity contribution in [1.82, 2.24) is 34.2 Å². The SMILES string of the molecule is Cc1c(-c2ccn(C(C)C)n2)sc2nc(-c3nccn3C)nc(NCCN3CCS(=O)(=O)CC3)c12. The maximum Gasteiger partial charge on any atom is 0.199 e. The Bertz CT molecular complexity index is 1450. The molecule has 10 nitrogen and oxygen atoms in total. The van der Waals surface area contributed by atoms with Crippen LogP contribution in [0.2, 0.25) is 0 Å². The second kappa shape index (κ2) is 9.32. The van der Waals surface area contributed by atoms with Crippen LogP contribution < -0.4 is 5.32 Å². The van der Waals surface area contributed by atoms with Gasteiger partial charge in [-0.25, -0.2) is 23.4 Å². The van der Waals surface area contributed by atoms with Crippen molar-refractivity contribution in [2.75, 3.05) is 43.0 Å². The van der Waals surface area contributed by atoms with E-state index in [1.807, 2.05) is 34.8 Å². The van der Waals surface area contributed by atoms with E-state index >= 15 is 0 Å². The summed E-state index contributed by atoms with van der Waals surface area (Å²) in [4.78, 5) is 18.3. The number of imidazole rings is 1. The smallest absolute Gasteiger partial charge is 0.199 e. The zero-order valence-corrected chi connectivity index (χ0v) is 22.0. The maximum atomic E-state index is 11.7. The molecule has 186 valence electrons. The van der Waals surface area contributed by atoms with Crippen LogP contribution >= 0.6 is 11.3 Å². The van der Waals surface area contributed by atoms with Crippen LogP contribution in [0, 0.1) is 6.92 Å². The molecule has 35 heavy (non-hydrogen) atoms. The summed E-state index contributed by atoms with van der Waals surface area (Å²) in [6.45, 7) is 8.85. The Morgan fingerprint density at radius 1 is 1.17 bits per heavy atom. The number of anilines is 1. The number of aryl methyl sites for hydroxylation is 2. The molecule has 0 amide bonds. The van der Waals surface area contributed by atoms with Crippen molar-refractivity contribution in [3.05, 3.63) is 30.2 Å². The average molecular weight is 515 g/mol. The lowest BCUT2D eigenvalue weighted by molar-refractivity contribution is 0.307. The van der Waals surface area contributed by atoms with Gasteiger partial charge >= 0.3 is 0 Å². The topological polar surface area (TPSA) is 111 Å². The van der Waals surface area contributed by atoms with E-state index in [-0.39, 0.29) is 17.5 Å². The number of nitrogens with one attached hydrogen (secondary N) is 1. The monoisotopic (exact) mass is 514 g/mol. The van der Waals surface area contributed by atoms with E-state index in [0.717, 1.165) is 38.7 Å². The van der Waals surface area contributed by atoms with Gasteiger partial charge in [0.1, 0.15) is 16.3 Å². The van der Waals surface area contributed by atoms with Crippen molar-refractivity contribution in [3.63, 3.8) is 0 Å². The van der Waals surface area contributed by atoms with Crippen LogP contribution in [-0.4, -0.2) is 80.3 Å². The first-order chi connectivity index (χ1) is 16.7. The third-order valence-electron chi connectivity index (χ3n) is 6.34. The van der Waals surface area contributed by atoms with Crippen molar-refractivity contribution < 1.29 is 8.42 Å². The Balaban J connectivity index is 1.49. The molecule has 5 rings (SSSR count). The first kappa shape index (κ1) is 23.9. The van der Waals surface area contributed by atoms with Gasteiger partial charge in [0, 0.05) is 57.9 Å². The van der Waals surface area contributed by atoms with Crippen molar-refractivity contribution in [2.45, 2.75) is 26.8 Å². The number of rotatable bonds is 7.